The molecule has 1 fully saturated rings. The molecule has 1 aromatic heterocycles. The summed E-state index contributed by atoms with van der Waals surface area (Å²) in [4.78, 5) is 13.3. The Kier molecular flexibility index (Phi) is 4.36. The summed E-state index contributed by atoms with van der Waals surface area (Å²) in [5.41, 5.74) is 0. The third kappa shape index (κ3) is 3.37. The van der Waals surface area contributed by atoms with Crippen LogP contribution in [0.3, 0.4) is 0 Å². The maximum absolute atomic E-state index is 5.97. The lowest BCUT2D eigenvalue weighted by Crippen LogP contribution is -2.50. The van der Waals surface area contributed by atoms with Crippen LogP contribution in [0.2, 0.25) is 5.15 Å². The number of aromatic nitrogens is 2. The minimum atomic E-state index is 0.464. The van der Waals surface area contributed by atoms with Crippen LogP contribution in [-0.2, 0) is 6.42 Å². The van der Waals surface area contributed by atoms with Gasteiger partial charge >= 0.3 is 0 Å². The van der Waals surface area contributed by atoms with Crippen molar-refractivity contribution in [2.24, 2.45) is 0 Å². The quantitative estimate of drug-likeness (QED) is 0.777. The first kappa shape index (κ1) is 13.2. The molecule has 0 spiro atoms. The van der Waals surface area contributed by atoms with Crippen molar-refractivity contribution >= 4 is 27.5 Å². The lowest BCUT2D eigenvalue weighted by molar-refractivity contribution is 0.113. The van der Waals surface area contributed by atoms with Crippen LogP contribution < -0.4 is 0 Å². The van der Waals surface area contributed by atoms with Gasteiger partial charge < -0.3 is 9.80 Å². The van der Waals surface area contributed by atoms with Crippen molar-refractivity contribution in [3.63, 3.8) is 0 Å². The van der Waals surface area contributed by atoms with Gasteiger partial charge in [0, 0.05) is 38.3 Å². The fourth-order valence-corrected chi connectivity index (χ4v) is 2.35. The fraction of sp³-hybridized carbons (Fsp3) is 0.636. The average Bonchev–Trinajstić information content (AvgIpc) is 2.29. The van der Waals surface area contributed by atoms with E-state index >= 15 is 0 Å². The Morgan fingerprint density at radius 3 is 2.94 bits per heavy atom. The highest BCUT2D eigenvalue weighted by Crippen LogP contribution is 2.19. The number of likely N-dealkylation sites (N-methyl/N-ethyl adjacent to an activating group) is 2. The molecule has 17 heavy (non-hydrogen) atoms. The first-order valence-electron chi connectivity index (χ1n) is 5.62. The third-order valence-corrected chi connectivity index (χ3v) is 4.25. The Balaban J connectivity index is 2.06. The Labute approximate surface area is 115 Å². The Morgan fingerprint density at radius 1 is 1.47 bits per heavy atom. The summed E-state index contributed by atoms with van der Waals surface area (Å²) >= 11 is 9.27. The minimum Gasteiger partial charge on any atom is -0.304 e. The van der Waals surface area contributed by atoms with E-state index in [9.17, 15) is 0 Å². The average molecular weight is 320 g/mol. The van der Waals surface area contributed by atoms with Crippen LogP contribution in [0, 0.1) is 0 Å². The molecule has 1 aliphatic rings. The molecule has 2 heterocycles. The molecule has 0 saturated carbocycles. The molecule has 1 unspecified atom stereocenters. The van der Waals surface area contributed by atoms with Gasteiger partial charge in [-0.15, -0.1) is 0 Å². The van der Waals surface area contributed by atoms with Crippen LogP contribution in [0.4, 0.5) is 0 Å². The van der Waals surface area contributed by atoms with Crippen LogP contribution >= 0.6 is 27.5 Å². The first-order chi connectivity index (χ1) is 8.06. The Morgan fingerprint density at radius 2 is 2.24 bits per heavy atom. The molecule has 0 radical (unpaired) electrons. The number of halogens is 2. The molecule has 1 saturated heterocycles. The molecular formula is C11H16BrClN4. The third-order valence-electron chi connectivity index (χ3n) is 3.15. The molecule has 4 nitrogen and oxygen atoms in total. The Bertz CT molecular complexity index is 401. The number of piperazine rings is 1. The SMILES string of the molecule is CN1CCN(C)C(Cc2ncc(Br)c(Cl)n2)C1. The second kappa shape index (κ2) is 5.61. The number of nitrogens with zero attached hydrogens (tertiary/aromatic N) is 4. The predicted molar refractivity (Wildman–Crippen MR) is 72.4 cm³/mol. The summed E-state index contributed by atoms with van der Waals surface area (Å²) in [6.07, 6.45) is 2.56. The zero-order valence-corrected chi connectivity index (χ0v) is 12.4. The molecule has 6 heteroatoms. The second-order valence-electron chi connectivity index (χ2n) is 4.53. The van der Waals surface area contributed by atoms with E-state index < -0.39 is 0 Å². The number of hydrogen-bond acceptors (Lipinski definition) is 4. The van der Waals surface area contributed by atoms with E-state index in [1.807, 2.05) is 0 Å². The lowest BCUT2D eigenvalue weighted by atomic mass is 10.1. The van der Waals surface area contributed by atoms with E-state index in [1.54, 1.807) is 6.20 Å². The summed E-state index contributed by atoms with van der Waals surface area (Å²) in [6.45, 7) is 3.26. The van der Waals surface area contributed by atoms with Gasteiger partial charge in [0.2, 0.25) is 0 Å². The number of hydrogen-bond donors (Lipinski definition) is 0. The smallest absolute Gasteiger partial charge is 0.146 e. The van der Waals surface area contributed by atoms with E-state index in [4.69, 9.17) is 11.6 Å². The van der Waals surface area contributed by atoms with Crippen molar-refractivity contribution in [1.29, 1.82) is 0 Å². The zero-order valence-electron chi connectivity index (χ0n) is 10.0. The monoisotopic (exact) mass is 318 g/mol. The lowest BCUT2D eigenvalue weighted by Gasteiger charge is -2.37. The molecule has 2 rings (SSSR count). The molecule has 0 amide bonds. The highest BCUT2D eigenvalue weighted by molar-refractivity contribution is 9.10. The van der Waals surface area contributed by atoms with Gasteiger partial charge in [0.25, 0.3) is 0 Å². The van der Waals surface area contributed by atoms with Crippen molar-refractivity contribution in [3.05, 3.63) is 21.6 Å². The van der Waals surface area contributed by atoms with Crippen LogP contribution in [0.5, 0.6) is 0 Å². The van der Waals surface area contributed by atoms with Gasteiger partial charge in [-0.25, -0.2) is 9.97 Å². The van der Waals surface area contributed by atoms with E-state index in [2.05, 4.69) is 49.8 Å². The van der Waals surface area contributed by atoms with Gasteiger partial charge in [-0.3, -0.25) is 0 Å². The van der Waals surface area contributed by atoms with E-state index in [0.717, 1.165) is 36.4 Å². The van der Waals surface area contributed by atoms with E-state index in [0.29, 0.717) is 11.2 Å². The molecule has 1 aromatic rings. The van der Waals surface area contributed by atoms with Gasteiger partial charge in [-0.05, 0) is 30.0 Å². The van der Waals surface area contributed by atoms with Gasteiger partial charge in [0.05, 0.1) is 4.47 Å². The summed E-state index contributed by atoms with van der Waals surface area (Å²) < 4.78 is 0.747. The van der Waals surface area contributed by atoms with Crippen molar-refractivity contribution in [2.75, 3.05) is 33.7 Å². The molecule has 94 valence electrons. The van der Waals surface area contributed by atoms with E-state index in [1.165, 1.54) is 0 Å². The van der Waals surface area contributed by atoms with Crippen molar-refractivity contribution < 1.29 is 0 Å². The standard InChI is InChI=1S/C11H16BrClN4/c1-16-3-4-17(2)8(7-16)5-10-14-6-9(12)11(13)15-10/h6,8H,3-5,7H2,1-2H3. The summed E-state index contributed by atoms with van der Waals surface area (Å²) in [5.74, 6) is 0.811. The molecular weight excluding hydrogens is 304 g/mol. The van der Waals surface area contributed by atoms with Crippen LogP contribution in [0.15, 0.2) is 10.7 Å². The van der Waals surface area contributed by atoms with Crippen molar-refractivity contribution in [3.8, 4) is 0 Å². The zero-order chi connectivity index (χ0) is 12.4. The molecule has 0 bridgehead atoms. The summed E-state index contributed by atoms with van der Waals surface area (Å²) in [6, 6.07) is 0.464. The Hall–Kier alpha value is -0.230. The summed E-state index contributed by atoms with van der Waals surface area (Å²) in [7, 11) is 4.30. The van der Waals surface area contributed by atoms with Crippen LogP contribution in [-0.4, -0.2) is 59.5 Å². The number of rotatable bonds is 2. The predicted octanol–water partition coefficient (Wildman–Crippen LogP) is 1.68. The molecule has 1 aliphatic heterocycles. The van der Waals surface area contributed by atoms with Crippen LogP contribution in [0.25, 0.3) is 0 Å². The molecule has 0 aromatic carbocycles. The normalized spacial score (nSPS) is 22.9. The second-order valence-corrected chi connectivity index (χ2v) is 5.74. The summed E-state index contributed by atoms with van der Waals surface area (Å²) in [5, 5.41) is 0.488. The van der Waals surface area contributed by atoms with Crippen LogP contribution in [0.1, 0.15) is 5.82 Å². The topological polar surface area (TPSA) is 32.3 Å². The maximum Gasteiger partial charge on any atom is 0.146 e. The highest BCUT2D eigenvalue weighted by Gasteiger charge is 2.23. The molecule has 0 aliphatic carbocycles. The minimum absolute atomic E-state index is 0.464. The van der Waals surface area contributed by atoms with Crippen molar-refractivity contribution in [1.82, 2.24) is 19.8 Å². The van der Waals surface area contributed by atoms with Gasteiger partial charge in [0.15, 0.2) is 0 Å². The fourth-order valence-electron chi connectivity index (χ4n) is 2.01. The van der Waals surface area contributed by atoms with E-state index in [-0.39, 0.29) is 0 Å². The van der Waals surface area contributed by atoms with Gasteiger partial charge in [-0.1, -0.05) is 11.6 Å². The maximum atomic E-state index is 5.97. The first-order valence-corrected chi connectivity index (χ1v) is 6.79. The van der Waals surface area contributed by atoms with Crippen molar-refractivity contribution in [2.45, 2.75) is 12.5 Å². The highest BCUT2D eigenvalue weighted by atomic mass is 79.9. The largest absolute Gasteiger partial charge is 0.304 e. The van der Waals surface area contributed by atoms with Gasteiger partial charge in [0.1, 0.15) is 11.0 Å². The molecule has 1 atom stereocenters. The molecule has 0 N–H and O–H groups in total. The van der Waals surface area contributed by atoms with Gasteiger partial charge in [-0.2, -0.15) is 0 Å².